The fourth-order valence-electron chi connectivity index (χ4n) is 4.28. The molecule has 146 valence electrons. The van der Waals surface area contributed by atoms with E-state index in [4.69, 9.17) is 0 Å². The van der Waals surface area contributed by atoms with Gasteiger partial charge in [-0.3, -0.25) is 9.59 Å². The van der Waals surface area contributed by atoms with Crippen LogP contribution in [0.4, 0.5) is 11.4 Å². The summed E-state index contributed by atoms with van der Waals surface area (Å²) in [6.07, 6.45) is 2.64. The summed E-state index contributed by atoms with van der Waals surface area (Å²) < 4.78 is 0. The van der Waals surface area contributed by atoms with Gasteiger partial charge in [0.1, 0.15) is 0 Å². The number of aryl methyl sites for hydroxylation is 2. The molecule has 2 aliphatic rings. The zero-order valence-electron chi connectivity index (χ0n) is 16.9. The molecule has 1 aliphatic heterocycles. The van der Waals surface area contributed by atoms with Gasteiger partial charge in [-0.1, -0.05) is 50.2 Å². The minimum Gasteiger partial charge on any atom is -0.325 e. The second-order valence-electron chi connectivity index (χ2n) is 8.35. The molecule has 2 unspecified atom stereocenters. The van der Waals surface area contributed by atoms with Crippen LogP contribution < -0.4 is 10.2 Å². The summed E-state index contributed by atoms with van der Waals surface area (Å²) in [6.45, 7) is 7.01. The highest BCUT2D eigenvalue weighted by Gasteiger charge is 2.50. The van der Waals surface area contributed by atoms with Gasteiger partial charge in [-0.05, 0) is 54.9 Å². The van der Waals surface area contributed by atoms with Crippen LogP contribution in [0.25, 0.3) is 0 Å². The summed E-state index contributed by atoms with van der Waals surface area (Å²) in [4.78, 5) is 27.8. The molecule has 1 aliphatic carbocycles. The minimum absolute atomic E-state index is 0.0279. The van der Waals surface area contributed by atoms with E-state index >= 15 is 0 Å². The van der Waals surface area contributed by atoms with E-state index in [0.29, 0.717) is 12.3 Å². The number of nitrogens with one attached hydrogen (secondary N) is 1. The summed E-state index contributed by atoms with van der Waals surface area (Å²) in [5.74, 6) is -0.0171. The number of fused-ring (bicyclic) bond motifs is 1. The second-order valence-corrected chi connectivity index (χ2v) is 8.35. The van der Waals surface area contributed by atoms with Gasteiger partial charge in [-0.15, -0.1) is 0 Å². The van der Waals surface area contributed by atoms with Crippen molar-refractivity contribution < 1.29 is 9.59 Å². The topological polar surface area (TPSA) is 49.4 Å². The van der Waals surface area contributed by atoms with Crippen molar-refractivity contribution in [3.63, 3.8) is 0 Å². The van der Waals surface area contributed by atoms with Crippen molar-refractivity contribution in [3.05, 3.63) is 59.2 Å². The Bertz CT molecular complexity index is 919. The highest BCUT2D eigenvalue weighted by Crippen LogP contribution is 2.43. The Morgan fingerprint density at radius 1 is 1.07 bits per heavy atom. The van der Waals surface area contributed by atoms with Gasteiger partial charge < -0.3 is 10.2 Å². The van der Waals surface area contributed by atoms with Crippen LogP contribution in [0, 0.1) is 18.8 Å². The Morgan fingerprint density at radius 2 is 1.86 bits per heavy atom. The Balaban J connectivity index is 1.47. The first-order chi connectivity index (χ1) is 13.5. The molecule has 28 heavy (non-hydrogen) atoms. The number of amides is 2. The third-order valence-electron chi connectivity index (χ3n) is 6.00. The highest BCUT2D eigenvalue weighted by molar-refractivity contribution is 6.05. The summed E-state index contributed by atoms with van der Waals surface area (Å²) in [5, 5.41) is 3.12. The zero-order valence-corrected chi connectivity index (χ0v) is 16.9. The predicted molar refractivity (Wildman–Crippen MR) is 113 cm³/mol. The summed E-state index contributed by atoms with van der Waals surface area (Å²) in [5.41, 5.74) is 5.36. The lowest BCUT2D eigenvalue weighted by molar-refractivity contribution is -0.123. The molecule has 2 aromatic carbocycles. The van der Waals surface area contributed by atoms with Crippen molar-refractivity contribution in [2.75, 3.05) is 16.8 Å². The largest absolute Gasteiger partial charge is 0.325 e. The quantitative estimate of drug-likeness (QED) is 0.843. The molecular formula is C24H28N2O2. The molecule has 0 saturated heterocycles. The smallest absolute Gasteiger partial charge is 0.230 e. The van der Waals surface area contributed by atoms with Gasteiger partial charge in [0.25, 0.3) is 0 Å². The molecule has 4 heteroatoms. The van der Waals surface area contributed by atoms with E-state index in [1.165, 1.54) is 5.56 Å². The van der Waals surface area contributed by atoms with Gasteiger partial charge in [0.05, 0.1) is 11.8 Å². The molecule has 1 fully saturated rings. The molecule has 2 aromatic rings. The van der Waals surface area contributed by atoms with E-state index in [0.717, 1.165) is 41.9 Å². The maximum atomic E-state index is 13.1. The Hall–Kier alpha value is -2.62. The third-order valence-corrected chi connectivity index (χ3v) is 6.00. The first kappa shape index (κ1) is 18.7. The number of benzene rings is 2. The number of para-hydroxylation sites is 2. The number of carbonyl (C=O) groups excluding carboxylic acids is 2. The fourth-order valence-corrected chi connectivity index (χ4v) is 4.28. The molecule has 1 N–H and O–H groups in total. The normalized spacial score (nSPS) is 20.6. The lowest BCUT2D eigenvalue weighted by atomic mass is 9.98. The van der Waals surface area contributed by atoms with Crippen LogP contribution in [0.3, 0.4) is 0 Å². The average Bonchev–Trinajstić information content (AvgIpc) is 3.49. The van der Waals surface area contributed by atoms with Crippen LogP contribution in [0.1, 0.15) is 49.3 Å². The molecule has 1 heterocycles. The van der Waals surface area contributed by atoms with Crippen LogP contribution in [-0.4, -0.2) is 18.4 Å². The monoisotopic (exact) mass is 376 g/mol. The number of hydrogen-bond acceptors (Lipinski definition) is 2. The highest BCUT2D eigenvalue weighted by atomic mass is 16.2. The molecular weight excluding hydrogens is 348 g/mol. The number of hydrogen-bond donors (Lipinski definition) is 1. The maximum absolute atomic E-state index is 13.1. The molecule has 1 saturated carbocycles. The van der Waals surface area contributed by atoms with Gasteiger partial charge in [0, 0.05) is 17.9 Å². The number of nitrogens with zero attached hydrogens (tertiary/aromatic N) is 1. The SMILES string of the molecule is Cc1cccc(C(C)C)c1NC(=O)C1CC1C(=O)N1CCCc2ccccc21. The molecule has 2 amide bonds. The standard InChI is InChI=1S/C24H28N2O2/c1-15(2)18-11-6-8-16(3)22(18)25-23(27)19-14-20(19)24(28)26-13-7-10-17-9-4-5-12-21(17)26/h4-6,8-9,11-12,15,19-20H,7,10,13-14H2,1-3H3,(H,25,27). The van der Waals surface area contributed by atoms with Gasteiger partial charge >= 0.3 is 0 Å². The van der Waals surface area contributed by atoms with Crippen LogP contribution in [0.5, 0.6) is 0 Å². The van der Waals surface area contributed by atoms with E-state index in [1.807, 2.05) is 42.2 Å². The molecule has 4 nitrogen and oxygen atoms in total. The maximum Gasteiger partial charge on any atom is 0.230 e. The van der Waals surface area contributed by atoms with Crippen LogP contribution in [0.2, 0.25) is 0 Å². The van der Waals surface area contributed by atoms with Crippen molar-refractivity contribution >= 4 is 23.2 Å². The van der Waals surface area contributed by atoms with Crippen LogP contribution in [-0.2, 0) is 16.0 Å². The van der Waals surface area contributed by atoms with Crippen molar-refractivity contribution in [2.24, 2.45) is 11.8 Å². The first-order valence-electron chi connectivity index (χ1n) is 10.3. The molecule has 0 radical (unpaired) electrons. The number of carbonyl (C=O) groups is 2. The summed E-state index contributed by atoms with van der Waals surface area (Å²) in [7, 11) is 0. The Kier molecular flexibility index (Phi) is 4.96. The second kappa shape index (κ2) is 7.42. The van der Waals surface area contributed by atoms with Gasteiger partial charge in [-0.2, -0.15) is 0 Å². The van der Waals surface area contributed by atoms with Gasteiger partial charge in [-0.25, -0.2) is 0 Å². The molecule has 0 spiro atoms. The molecule has 2 atom stereocenters. The van der Waals surface area contributed by atoms with E-state index < -0.39 is 0 Å². The summed E-state index contributed by atoms with van der Waals surface area (Å²) >= 11 is 0. The third kappa shape index (κ3) is 3.44. The number of anilines is 2. The predicted octanol–water partition coefficient (Wildman–Crippen LogP) is 4.67. The van der Waals surface area contributed by atoms with Crippen molar-refractivity contribution in [3.8, 4) is 0 Å². The van der Waals surface area contributed by atoms with Crippen molar-refractivity contribution in [1.29, 1.82) is 0 Å². The van der Waals surface area contributed by atoms with Crippen LogP contribution in [0.15, 0.2) is 42.5 Å². The Labute approximate surface area is 166 Å². The van der Waals surface area contributed by atoms with Crippen LogP contribution >= 0.6 is 0 Å². The van der Waals surface area contributed by atoms with Gasteiger partial charge in [0.15, 0.2) is 0 Å². The van der Waals surface area contributed by atoms with E-state index in [2.05, 4.69) is 31.3 Å². The molecule has 0 bridgehead atoms. The van der Waals surface area contributed by atoms with Crippen molar-refractivity contribution in [2.45, 2.75) is 46.0 Å². The average molecular weight is 377 g/mol. The van der Waals surface area contributed by atoms with Gasteiger partial charge in [0.2, 0.25) is 11.8 Å². The number of rotatable bonds is 4. The summed E-state index contributed by atoms with van der Waals surface area (Å²) in [6, 6.07) is 14.2. The minimum atomic E-state index is -0.221. The lowest BCUT2D eigenvalue weighted by Crippen LogP contribution is -2.37. The molecule has 4 rings (SSSR count). The lowest BCUT2D eigenvalue weighted by Gasteiger charge is -2.29. The van der Waals surface area contributed by atoms with E-state index in [9.17, 15) is 9.59 Å². The Morgan fingerprint density at radius 3 is 2.64 bits per heavy atom. The van der Waals surface area contributed by atoms with E-state index in [-0.39, 0.29) is 23.7 Å². The van der Waals surface area contributed by atoms with Crippen molar-refractivity contribution in [1.82, 2.24) is 0 Å². The van der Waals surface area contributed by atoms with E-state index in [1.54, 1.807) is 0 Å². The first-order valence-corrected chi connectivity index (χ1v) is 10.3. The zero-order chi connectivity index (χ0) is 19.8. The fraction of sp³-hybridized carbons (Fsp3) is 0.417. The molecule has 0 aromatic heterocycles.